The maximum atomic E-state index is 13.1. The minimum absolute atomic E-state index is 0.0417. The van der Waals surface area contributed by atoms with Crippen LogP contribution in [0.15, 0.2) is 41.7 Å². The van der Waals surface area contributed by atoms with E-state index < -0.39 is 0 Å². The van der Waals surface area contributed by atoms with Gasteiger partial charge in [0.05, 0.1) is 5.69 Å². The third-order valence-corrected chi connectivity index (χ3v) is 6.64. The minimum atomic E-state index is -0.306. The first kappa shape index (κ1) is 21.7. The van der Waals surface area contributed by atoms with Crippen molar-refractivity contribution < 1.29 is 14.4 Å². The molecule has 2 aromatic rings. The van der Waals surface area contributed by atoms with Crippen LogP contribution in [-0.2, 0) is 13.6 Å². The molecule has 0 saturated carbocycles. The fourth-order valence-electron chi connectivity index (χ4n) is 4.88. The Bertz CT molecular complexity index is 930. The summed E-state index contributed by atoms with van der Waals surface area (Å²) in [6, 6.07) is 8.02. The van der Waals surface area contributed by atoms with Crippen molar-refractivity contribution >= 4 is 11.5 Å². The van der Waals surface area contributed by atoms with E-state index in [4.69, 9.17) is 0 Å². The molecule has 31 heavy (non-hydrogen) atoms. The van der Waals surface area contributed by atoms with Crippen LogP contribution in [0.25, 0.3) is 0 Å². The maximum Gasteiger partial charge on any atom is 0.166 e. The van der Waals surface area contributed by atoms with Crippen LogP contribution in [0.1, 0.15) is 47.3 Å². The number of piperidine rings is 1. The second-order valence-corrected chi connectivity index (χ2v) is 8.71. The molecule has 1 aromatic heterocycles. The number of carbonyl (C=O) groups is 1. The third-order valence-electron chi connectivity index (χ3n) is 6.64. The summed E-state index contributed by atoms with van der Waals surface area (Å²) >= 11 is 0. The maximum absolute atomic E-state index is 13.1. The fraction of sp³-hybridized carbons (Fsp3) is 0.500. The van der Waals surface area contributed by atoms with Crippen LogP contribution in [0.2, 0.25) is 0 Å². The van der Waals surface area contributed by atoms with Gasteiger partial charge in [-0.2, -0.15) is 0 Å². The standard InChI is InChI=1S/C24H31FN4O2/c1-27-13-7-20-17-29(16-10-22(26-31)23(20)27)12-2-11-28-14-8-19(9-15-28)24(30)18-3-5-21(25)6-4-18/h3-7,13,19,31H,2,8-12,14-17H2,1H3. The lowest BCUT2D eigenvalue weighted by Gasteiger charge is -2.32. The molecule has 0 bridgehead atoms. The molecule has 7 heteroatoms. The topological polar surface area (TPSA) is 61.1 Å². The number of Topliss-reactive ketones (excluding diaryl/α,β-unsaturated/α-hetero) is 1. The molecule has 2 aliphatic rings. The average molecular weight is 427 g/mol. The largest absolute Gasteiger partial charge is 0.411 e. The van der Waals surface area contributed by atoms with E-state index in [2.05, 4.69) is 21.0 Å². The van der Waals surface area contributed by atoms with Crippen LogP contribution in [0, 0.1) is 11.7 Å². The summed E-state index contributed by atoms with van der Waals surface area (Å²) in [5, 5.41) is 12.9. The number of hydrogen-bond acceptors (Lipinski definition) is 5. The van der Waals surface area contributed by atoms with Gasteiger partial charge in [0.2, 0.25) is 0 Å². The summed E-state index contributed by atoms with van der Waals surface area (Å²) in [5.74, 6) is -0.122. The Hall–Kier alpha value is -2.51. The molecule has 1 aromatic carbocycles. The quantitative estimate of drug-likeness (QED) is 0.436. The minimum Gasteiger partial charge on any atom is -0.411 e. The van der Waals surface area contributed by atoms with E-state index in [0.29, 0.717) is 5.56 Å². The van der Waals surface area contributed by atoms with Crippen molar-refractivity contribution in [1.82, 2.24) is 14.4 Å². The monoisotopic (exact) mass is 426 g/mol. The van der Waals surface area contributed by atoms with Gasteiger partial charge >= 0.3 is 0 Å². The van der Waals surface area contributed by atoms with Gasteiger partial charge in [-0.25, -0.2) is 4.39 Å². The van der Waals surface area contributed by atoms with Crippen molar-refractivity contribution in [3.63, 3.8) is 0 Å². The number of fused-ring (bicyclic) bond motifs is 1. The van der Waals surface area contributed by atoms with Gasteiger partial charge in [0.1, 0.15) is 11.5 Å². The van der Waals surface area contributed by atoms with Crippen LogP contribution in [-0.4, -0.2) is 63.8 Å². The SMILES string of the molecule is Cn1ccc2c1C(=NO)CCN(CCCN1CCC(C(=O)c3ccc(F)cc3)CC1)C2. The van der Waals surface area contributed by atoms with E-state index in [1.165, 1.54) is 17.7 Å². The number of benzene rings is 1. The van der Waals surface area contributed by atoms with Crippen molar-refractivity contribution in [2.75, 3.05) is 32.7 Å². The van der Waals surface area contributed by atoms with Crippen molar-refractivity contribution in [2.24, 2.45) is 18.1 Å². The Balaban J connectivity index is 1.22. The number of likely N-dealkylation sites (tertiary alicyclic amines) is 1. The molecule has 6 nitrogen and oxygen atoms in total. The van der Waals surface area contributed by atoms with E-state index in [1.54, 1.807) is 12.1 Å². The van der Waals surface area contributed by atoms with Gasteiger partial charge in [-0.1, -0.05) is 5.16 Å². The molecule has 0 radical (unpaired) electrons. The van der Waals surface area contributed by atoms with Gasteiger partial charge in [0, 0.05) is 44.2 Å². The zero-order valence-electron chi connectivity index (χ0n) is 18.1. The average Bonchev–Trinajstić information content (AvgIpc) is 3.04. The summed E-state index contributed by atoms with van der Waals surface area (Å²) in [6.07, 6.45) is 5.58. The Kier molecular flexibility index (Phi) is 6.83. The number of halogens is 1. The Morgan fingerprint density at radius 2 is 1.81 bits per heavy atom. The molecule has 1 fully saturated rings. The molecular weight excluding hydrogens is 395 g/mol. The molecule has 0 unspecified atom stereocenters. The molecule has 0 amide bonds. The summed E-state index contributed by atoms with van der Waals surface area (Å²) in [5.41, 5.74) is 3.63. The zero-order chi connectivity index (χ0) is 21.8. The molecule has 4 rings (SSSR count). The summed E-state index contributed by atoms with van der Waals surface area (Å²) in [4.78, 5) is 17.5. The van der Waals surface area contributed by atoms with Gasteiger partial charge in [-0.15, -0.1) is 0 Å². The van der Waals surface area contributed by atoms with Crippen LogP contribution in [0.5, 0.6) is 0 Å². The highest BCUT2D eigenvalue weighted by molar-refractivity contribution is 6.00. The van der Waals surface area contributed by atoms with Crippen LogP contribution in [0.3, 0.4) is 0 Å². The molecule has 0 aliphatic carbocycles. The van der Waals surface area contributed by atoms with Crippen molar-refractivity contribution in [1.29, 1.82) is 0 Å². The number of aromatic nitrogens is 1. The van der Waals surface area contributed by atoms with Crippen molar-refractivity contribution in [3.8, 4) is 0 Å². The van der Waals surface area contributed by atoms with Crippen LogP contribution >= 0.6 is 0 Å². The first-order chi connectivity index (χ1) is 15.0. The molecule has 3 heterocycles. The molecule has 2 aliphatic heterocycles. The molecular formula is C24H31FN4O2. The molecule has 0 atom stereocenters. The van der Waals surface area contributed by atoms with Crippen LogP contribution in [0.4, 0.5) is 4.39 Å². The summed E-state index contributed by atoms with van der Waals surface area (Å²) < 4.78 is 15.1. The lowest BCUT2D eigenvalue weighted by molar-refractivity contribution is 0.0836. The highest BCUT2D eigenvalue weighted by Gasteiger charge is 2.26. The Morgan fingerprint density at radius 3 is 2.52 bits per heavy atom. The van der Waals surface area contributed by atoms with Gasteiger partial charge in [-0.3, -0.25) is 9.69 Å². The van der Waals surface area contributed by atoms with Gasteiger partial charge in [0.15, 0.2) is 5.78 Å². The van der Waals surface area contributed by atoms with Gasteiger partial charge in [-0.05, 0) is 81.3 Å². The predicted octanol–water partition coefficient (Wildman–Crippen LogP) is 3.53. The van der Waals surface area contributed by atoms with Crippen molar-refractivity contribution in [2.45, 2.75) is 32.2 Å². The van der Waals surface area contributed by atoms with Crippen LogP contribution < -0.4 is 0 Å². The van der Waals surface area contributed by atoms with Crippen molar-refractivity contribution in [3.05, 3.63) is 59.2 Å². The van der Waals surface area contributed by atoms with E-state index >= 15 is 0 Å². The Morgan fingerprint density at radius 1 is 1.10 bits per heavy atom. The third kappa shape index (κ3) is 5.05. The lowest BCUT2D eigenvalue weighted by Crippen LogP contribution is -2.38. The first-order valence-electron chi connectivity index (χ1n) is 11.1. The predicted molar refractivity (Wildman–Crippen MR) is 118 cm³/mol. The smallest absolute Gasteiger partial charge is 0.166 e. The second-order valence-electron chi connectivity index (χ2n) is 8.71. The van der Waals surface area contributed by atoms with Gasteiger partial charge < -0.3 is 14.7 Å². The molecule has 1 N–H and O–H groups in total. The Labute approximate surface area is 182 Å². The lowest BCUT2D eigenvalue weighted by atomic mass is 9.89. The van der Waals surface area contributed by atoms with E-state index in [1.807, 2.05) is 17.8 Å². The number of nitrogens with zero attached hydrogens (tertiary/aromatic N) is 4. The summed E-state index contributed by atoms with van der Waals surface area (Å²) in [6.45, 7) is 5.66. The van der Waals surface area contributed by atoms with E-state index in [9.17, 15) is 14.4 Å². The number of oxime groups is 1. The van der Waals surface area contributed by atoms with E-state index in [0.717, 1.165) is 76.4 Å². The molecule has 1 saturated heterocycles. The molecule has 0 spiro atoms. The highest BCUT2D eigenvalue weighted by Crippen LogP contribution is 2.23. The number of rotatable bonds is 6. The van der Waals surface area contributed by atoms with Gasteiger partial charge in [0.25, 0.3) is 0 Å². The normalized spacial score (nSPS) is 20.0. The highest BCUT2D eigenvalue weighted by atomic mass is 19.1. The van der Waals surface area contributed by atoms with E-state index in [-0.39, 0.29) is 17.5 Å². The second kappa shape index (κ2) is 9.75. The number of hydrogen-bond donors (Lipinski definition) is 1. The number of aryl methyl sites for hydroxylation is 1. The number of carbonyl (C=O) groups excluding carboxylic acids is 1. The molecule has 166 valence electrons. The first-order valence-corrected chi connectivity index (χ1v) is 11.1. The fourth-order valence-corrected chi connectivity index (χ4v) is 4.88. The zero-order valence-corrected chi connectivity index (χ0v) is 18.1. The summed E-state index contributed by atoms with van der Waals surface area (Å²) in [7, 11) is 1.99. The number of ketones is 1.